The molecule has 2 aliphatic heterocycles. The largest absolute Gasteiger partial charge is 0.354 e. The molecule has 2 aliphatic rings. The lowest BCUT2D eigenvalue weighted by Crippen LogP contribution is -2.54. The number of imidazole rings is 1. The highest BCUT2D eigenvalue weighted by Crippen LogP contribution is 2.40. The zero-order valence-corrected chi connectivity index (χ0v) is 15.8. The van der Waals surface area contributed by atoms with Gasteiger partial charge in [-0.3, -0.25) is 4.79 Å². The van der Waals surface area contributed by atoms with Crippen molar-refractivity contribution in [1.82, 2.24) is 24.8 Å². The molecule has 2 aromatic rings. The van der Waals surface area contributed by atoms with Crippen LogP contribution in [0.3, 0.4) is 0 Å². The quantitative estimate of drug-likeness (QED) is 0.874. The smallest absolute Gasteiger partial charge is 0.251 e. The zero-order chi connectivity index (χ0) is 18.9. The van der Waals surface area contributed by atoms with Crippen molar-refractivity contribution in [1.29, 1.82) is 0 Å². The van der Waals surface area contributed by atoms with E-state index in [0.29, 0.717) is 19.0 Å². The topological polar surface area (TPSA) is 85.2 Å². The van der Waals surface area contributed by atoms with E-state index in [9.17, 15) is 4.79 Å². The van der Waals surface area contributed by atoms with Gasteiger partial charge in [0.15, 0.2) is 6.10 Å². The highest BCUT2D eigenvalue weighted by molar-refractivity contribution is 5.80. The van der Waals surface area contributed by atoms with Gasteiger partial charge in [-0.1, -0.05) is 13.8 Å². The summed E-state index contributed by atoms with van der Waals surface area (Å²) in [7, 11) is 0. The number of anilines is 1. The summed E-state index contributed by atoms with van der Waals surface area (Å²) in [4.78, 5) is 28.0. The van der Waals surface area contributed by atoms with Crippen molar-refractivity contribution in [2.75, 3.05) is 24.5 Å². The Kier molecular flexibility index (Phi) is 4.82. The molecule has 1 saturated heterocycles. The summed E-state index contributed by atoms with van der Waals surface area (Å²) in [6.07, 6.45) is 8.24. The van der Waals surface area contributed by atoms with E-state index in [1.807, 2.05) is 12.3 Å². The third kappa shape index (κ3) is 3.53. The molecule has 27 heavy (non-hydrogen) atoms. The van der Waals surface area contributed by atoms with Crippen LogP contribution in [0, 0.1) is 5.92 Å². The van der Waals surface area contributed by atoms with Crippen LogP contribution in [0.1, 0.15) is 32.5 Å². The maximum Gasteiger partial charge on any atom is 0.251 e. The fraction of sp³-hybridized carbons (Fsp3) is 0.579. The Labute approximate surface area is 159 Å². The highest BCUT2D eigenvalue weighted by Gasteiger charge is 2.47. The van der Waals surface area contributed by atoms with Gasteiger partial charge < -0.3 is 19.5 Å². The van der Waals surface area contributed by atoms with Gasteiger partial charge in [0, 0.05) is 57.3 Å². The number of hydrogen-bond donors (Lipinski definition) is 1. The third-order valence-electron chi connectivity index (χ3n) is 5.24. The van der Waals surface area contributed by atoms with Gasteiger partial charge >= 0.3 is 0 Å². The number of aromatic nitrogens is 4. The van der Waals surface area contributed by atoms with Gasteiger partial charge in [-0.25, -0.2) is 15.0 Å². The Bertz CT molecular complexity index is 783. The molecule has 0 unspecified atom stereocenters. The number of piperidine rings is 1. The van der Waals surface area contributed by atoms with E-state index in [1.54, 1.807) is 18.6 Å². The minimum absolute atomic E-state index is 0.0451. The van der Waals surface area contributed by atoms with Crippen LogP contribution in [0.2, 0.25) is 0 Å². The Morgan fingerprint density at radius 2 is 2.00 bits per heavy atom. The van der Waals surface area contributed by atoms with Crippen molar-refractivity contribution < 1.29 is 9.53 Å². The molecular weight excluding hydrogens is 344 g/mol. The van der Waals surface area contributed by atoms with Gasteiger partial charge in [-0.2, -0.15) is 0 Å². The Morgan fingerprint density at radius 3 is 2.70 bits per heavy atom. The first-order chi connectivity index (χ1) is 13.1. The summed E-state index contributed by atoms with van der Waals surface area (Å²) >= 11 is 0. The minimum atomic E-state index is -0.535. The molecule has 1 fully saturated rings. The van der Waals surface area contributed by atoms with Gasteiger partial charge in [0.25, 0.3) is 5.91 Å². The van der Waals surface area contributed by atoms with Crippen molar-refractivity contribution in [3.8, 4) is 0 Å². The molecule has 0 aliphatic carbocycles. The number of fused-ring (bicyclic) bond motifs is 2. The molecule has 0 bridgehead atoms. The summed E-state index contributed by atoms with van der Waals surface area (Å²) < 4.78 is 8.48. The Hall–Kier alpha value is -2.48. The van der Waals surface area contributed by atoms with E-state index >= 15 is 0 Å². The number of hydrogen-bond acceptors (Lipinski definition) is 6. The zero-order valence-electron chi connectivity index (χ0n) is 15.8. The Balaban J connectivity index is 1.51. The second-order valence-corrected chi connectivity index (χ2v) is 7.68. The molecule has 2 aromatic heterocycles. The second-order valence-electron chi connectivity index (χ2n) is 7.68. The van der Waals surface area contributed by atoms with Crippen LogP contribution in [0.15, 0.2) is 30.9 Å². The molecule has 4 rings (SSSR count). The first kappa shape index (κ1) is 17.9. The lowest BCUT2D eigenvalue weighted by molar-refractivity contribution is -0.167. The first-order valence-corrected chi connectivity index (χ1v) is 9.56. The van der Waals surface area contributed by atoms with Crippen LogP contribution >= 0.6 is 0 Å². The number of carbonyl (C=O) groups excluding carboxylic acids is 1. The lowest BCUT2D eigenvalue weighted by atomic mass is 9.88. The van der Waals surface area contributed by atoms with Gasteiger partial charge in [0.2, 0.25) is 5.95 Å². The van der Waals surface area contributed by atoms with E-state index in [2.05, 4.69) is 43.6 Å². The average molecular weight is 370 g/mol. The van der Waals surface area contributed by atoms with E-state index in [0.717, 1.165) is 37.7 Å². The van der Waals surface area contributed by atoms with Crippen molar-refractivity contribution in [3.63, 3.8) is 0 Å². The molecular formula is C19H26N6O2. The van der Waals surface area contributed by atoms with E-state index < -0.39 is 11.7 Å². The third-order valence-corrected chi connectivity index (χ3v) is 5.24. The van der Waals surface area contributed by atoms with E-state index in [-0.39, 0.29) is 5.91 Å². The van der Waals surface area contributed by atoms with E-state index in [1.165, 1.54) is 0 Å². The summed E-state index contributed by atoms with van der Waals surface area (Å²) in [6.45, 7) is 6.85. The minimum Gasteiger partial charge on any atom is -0.354 e. The molecule has 1 N–H and O–H groups in total. The summed E-state index contributed by atoms with van der Waals surface area (Å²) in [6, 6.07) is 1.82. The van der Waals surface area contributed by atoms with Gasteiger partial charge in [0.05, 0.1) is 6.54 Å². The van der Waals surface area contributed by atoms with E-state index in [4.69, 9.17) is 4.74 Å². The molecule has 0 aromatic carbocycles. The van der Waals surface area contributed by atoms with Crippen molar-refractivity contribution in [2.24, 2.45) is 5.92 Å². The maximum atomic E-state index is 12.6. The fourth-order valence-corrected chi connectivity index (χ4v) is 3.82. The highest BCUT2D eigenvalue weighted by atomic mass is 16.5. The van der Waals surface area contributed by atoms with Crippen molar-refractivity contribution in [3.05, 3.63) is 36.7 Å². The van der Waals surface area contributed by atoms with Gasteiger partial charge in [-0.05, 0) is 12.0 Å². The number of carbonyl (C=O) groups is 1. The molecule has 144 valence electrons. The molecule has 8 nitrogen and oxygen atoms in total. The van der Waals surface area contributed by atoms with Crippen LogP contribution < -0.4 is 10.2 Å². The normalized spacial score (nSPS) is 21.3. The first-order valence-electron chi connectivity index (χ1n) is 9.56. The maximum absolute atomic E-state index is 12.6. The predicted molar refractivity (Wildman–Crippen MR) is 100 cm³/mol. The summed E-state index contributed by atoms with van der Waals surface area (Å²) in [5, 5.41) is 3.00. The van der Waals surface area contributed by atoms with Crippen LogP contribution in [0.25, 0.3) is 0 Å². The van der Waals surface area contributed by atoms with Crippen LogP contribution in [0.5, 0.6) is 0 Å². The molecule has 0 saturated carbocycles. The van der Waals surface area contributed by atoms with Crippen molar-refractivity contribution in [2.45, 2.75) is 44.9 Å². The molecule has 1 atom stereocenters. The number of nitrogens with one attached hydrogen (secondary N) is 1. The van der Waals surface area contributed by atoms with Crippen molar-refractivity contribution >= 4 is 11.9 Å². The lowest BCUT2D eigenvalue weighted by Gasteiger charge is -2.45. The fourth-order valence-electron chi connectivity index (χ4n) is 3.82. The predicted octanol–water partition coefficient (Wildman–Crippen LogP) is 1.34. The average Bonchev–Trinajstić information content (AvgIpc) is 3.17. The van der Waals surface area contributed by atoms with Gasteiger partial charge in [0.1, 0.15) is 11.4 Å². The summed E-state index contributed by atoms with van der Waals surface area (Å²) in [5.41, 5.74) is -0.535. The number of nitrogens with zero attached hydrogens (tertiary/aromatic N) is 5. The van der Waals surface area contributed by atoms with Crippen LogP contribution in [-0.4, -0.2) is 51.2 Å². The van der Waals surface area contributed by atoms with Gasteiger partial charge in [-0.15, -0.1) is 0 Å². The molecule has 0 radical (unpaired) electrons. The number of ether oxygens (including phenoxy) is 1. The molecule has 8 heteroatoms. The second kappa shape index (κ2) is 7.26. The van der Waals surface area contributed by atoms with Crippen LogP contribution in [-0.2, 0) is 21.7 Å². The standard InChI is InChI=1S/C19H26N6O2/c1-14(2)12-23-16(26)15-13-25-11-8-20-17(25)19(27-15)4-9-24(10-5-19)18-21-6-3-7-22-18/h3,6-8,11,14-15H,4-5,9-10,12-13H2,1-2H3,(H,23,26)/t15-/m0/s1. The molecule has 1 amide bonds. The monoisotopic (exact) mass is 370 g/mol. The SMILES string of the molecule is CC(C)CNC(=O)[C@@H]1Cn2ccnc2C2(CCN(c3ncccn3)CC2)O1. The van der Waals surface area contributed by atoms with Crippen LogP contribution in [0.4, 0.5) is 5.95 Å². The number of rotatable bonds is 4. The molecule has 4 heterocycles. The summed E-state index contributed by atoms with van der Waals surface area (Å²) in [5.74, 6) is 2.02. The number of amides is 1. The molecule has 1 spiro atoms. The Morgan fingerprint density at radius 1 is 1.26 bits per heavy atom.